The molecule has 20 heavy (non-hydrogen) atoms. The summed E-state index contributed by atoms with van der Waals surface area (Å²) in [6, 6.07) is 3.28. The highest BCUT2D eigenvalue weighted by Crippen LogP contribution is 2.19. The third-order valence-corrected chi connectivity index (χ3v) is 2.56. The minimum atomic E-state index is -1.32. The molecule has 0 amide bonds. The van der Waals surface area contributed by atoms with Gasteiger partial charge in [-0.15, -0.1) is 0 Å². The maximum Gasteiger partial charge on any atom is 0.335 e. The largest absolute Gasteiger partial charge is 0.478 e. The highest BCUT2D eigenvalue weighted by Gasteiger charge is 2.14. The summed E-state index contributed by atoms with van der Waals surface area (Å²) in [5.74, 6) is -2.65. The second-order valence-corrected chi connectivity index (χ2v) is 3.89. The third kappa shape index (κ3) is 2.48. The Balaban J connectivity index is 2.73. The zero-order valence-corrected chi connectivity index (χ0v) is 9.84. The number of hydrogen-bond donors (Lipinski definition) is 4. The number of aromatic nitrogens is 2. The molecule has 0 saturated carbocycles. The van der Waals surface area contributed by atoms with Crippen molar-refractivity contribution < 1.29 is 19.8 Å². The van der Waals surface area contributed by atoms with Crippen LogP contribution in [0.4, 0.5) is 0 Å². The van der Waals surface area contributed by atoms with Gasteiger partial charge in [0.25, 0.3) is 5.56 Å². The van der Waals surface area contributed by atoms with E-state index in [-0.39, 0.29) is 22.3 Å². The number of carboxylic acids is 2. The van der Waals surface area contributed by atoms with Gasteiger partial charge in [-0.25, -0.2) is 14.4 Å². The van der Waals surface area contributed by atoms with Crippen molar-refractivity contribution in [2.75, 3.05) is 0 Å². The molecule has 0 bridgehead atoms. The number of carbonyl (C=O) groups is 2. The number of aromatic carboxylic acids is 2. The standard InChI is InChI=1S/C12H8N2O6/c15-9-8(4-13-12(20)14-9)5-1-6(10(16)17)3-7(2-5)11(18)19/h1-4H,(H,16,17)(H,18,19)(H2,13,14,15,20). The van der Waals surface area contributed by atoms with Crippen molar-refractivity contribution in [3.05, 3.63) is 56.4 Å². The molecule has 0 radical (unpaired) electrons. The number of carboxylic acid groups (broad SMARTS) is 2. The normalized spacial score (nSPS) is 10.2. The Bertz CT molecular complexity index is 785. The molecule has 1 heterocycles. The van der Waals surface area contributed by atoms with Crippen LogP contribution in [0.1, 0.15) is 20.7 Å². The number of hydrogen-bond acceptors (Lipinski definition) is 4. The van der Waals surface area contributed by atoms with E-state index in [1.807, 2.05) is 4.98 Å². The summed E-state index contributed by atoms with van der Waals surface area (Å²) in [6.07, 6.45) is 1.09. The van der Waals surface area contributed by atoms with E-state index in [9.17, 15) is 19.2 Å². The van der Waals surface area contributed by atoms with Gasteiger partial charge in [-0.2, -0.15) is 0 Å². The van der Waals surface area contributed by atoms with E-state index in [4.69, 9.17) is 10.2 Å². The fourth-order valence-electron chi connectivity index (χ4n) is 1.65. The molecule has 2 aromatic rings. The van der Waals surface area contributed by atoms with E-state index in [2.05, 4.69) is 4.98 Å². The van der Waals surface area contributed by atoms with Crippen molar-refractivity contribution >= 4 is 11.9 Å². The summed E-state index contributed by atoms with van der Waals surface area (Å²) >= 11 is 0. The Morgan fingerprint density at radius 1 is 0.950 bits per heavy atom. The Hall–Kier alpha value is -3.16. The van der Waals surface area contributed by atoms with Crippen LogP contribution in [0.2, 0.25) is 0 Å². The zero-order valence-electron chi connectivity index (χ0n) is 9.84. The van der Waals surface area contributed by atoms with Gasteiger partial charge < -0.3 is 15.2 Å². The number of benzene rings is 1. The average molecular weight is 276 g/mol. The molecular weight excluding hydrogens is 268 g/mol. The lowest BCUT2D eigenvalue weighted by molar-refractivity contribution is 0.0696. The van der Waals surface area contributed by atoms with Gasteiger partial charge >= 0.3 is 17.6 Å². The molecule has 8 nitrogen and oxygen atoms in total. The number of H-pyrrole nitrogens is 2. The lowest BCUT2D eigenvalue weighted by Crippen LogP contribution is -2.22. The fraction of sp³-hybridized carbons (Fsp3) is 0. The molecule has 0 fully saturated rings. The van der Waals surface area contributed by atoms with Crippen molar-refractivity contribution in [3.8, 4) is 11.1 Å². The van der Waals surface area contributed by atoms with Crippen molar-refractivity contribution in [2.24, 2.45) is 0 Å². The molecule has 2 rings (SSSR count). The van der Waals surface area contributed by atoms with Gasteiger partial charge in [0, 0.05) is 6.20 Å². The molecule has 0 saturated heterocycles. The zero-order chi connectivity index (χ0) is 14.9. The summed E-state index contributed by atoms with van der Waals surface area (Å²) in [5.41, 5.74) is -1.95. The van der Waals surface area contributed by atoms with Crippen LogP contribution >= 0.6 is 0 Å². The molecule has 0 aliphatic heterocycles. The second-order valence-electron chi connectivity index (χ2n) is 3.89. The quantitative estimate of drug-likeness (QED) is 0.627. The van der Waals surface area contributed by atoms with Crippen molar-refractivity contribution in [1.82, 2.24) is 9.97 Å². The van der Waals surface area contributed by atoms with Gasteiger partial charge in [0.05, 0.1) is 16.7 Å². The third-order valence-electron chi connectivity index (χ3n) is 2.56. The summed E-state index contributed by atoms with van der Waals surface area (Å²) in [6.45, 7) is 0. The van der Waals surface area contributed by atoms with Gasteiger partial charge in [0.15, 0.2) is 0 Å². The molecule has 102 valence electrons. The highest BCUT2D eigenvalue weighted by atomic mass is 16.4. The van der Waals surface area contributed by atoms with Crippen LogP contribution in [0.3, 0.4) is 0 Å². The topological polar surface area (TPSA) is 140 Å². The fourth-order valence-corrected chi connectivity index (χ4v) is 1.65. The summed E-state index contributed by atoms with van der Waals surface area (Å²) < 4.78 is 0. The molecule has 0 spiro atoms. The number of nitrogens with one attached hydrogen (secondary N) is 2. The van der Waals surface area contributed by atoms with E-state index in [1.165, 1.54) is 0 Å². The Kier molecular flexibility index (Phi) is 3.21. The van der Waals surface area contributed by atoms with Crippen LogP contribution < -0.4 is 11.2 Å². The van der Waals surface area contributed by atoms with Crippen LogP contribution in [0.5, 0.6) is 0 Å². The van der Waals surface area contributed by atoms with E-state index in [0.29, 0.717) is 0 Å². The summed E-state index contributed by atoms with van der Waals surface area (Å²) in [4.78, 5) is 48.7. The Labute approximate surface area is 110 Å². The minimum Gasteiger partial charge on any atom is -0.478 e. The van der Waals surface area contributed by atoms with Crippen molar-refractivity contribution in [3.63, 3.8) is 0 Å². The number of rotatable bonds is 3. The maximum atomic E-state index is 11.6. The van der Waals surface area contributed by atoms with E-state index < -0.39 is 23.2 Å². The average Bonchev–Trinajstić information content (AvgIpc) is 2.38. The maximum absolute atomic E-state index is 11.6. The molecule has 4 N–H and O–H groups in total. The second kappa shape index (κ2) is 4.84. The van der Waals surface area contributed by atoms with Gasteiger partial charge in [-0.05, 0) is 23.8 Å². The van der Waals surface area contributed by atoms with Crippen LogP contribution in [0.15, 0.2) is 34.0 Å². The molecule has 1 aromatic heterocycles. The van der Waals surface area contributed by atoms with Crippen molar-refractivity contribution in [2.45, 2.75) is 0 Å². The molecule has 0 aliphatic carbocycles. The van der Waals surface area contributed by atoms with Crippen LogP contribution in [-0.2, 0) is 0 Å². The predicted molar refractivity (Wildman–Crippen MR) is 67.0 cm³/mol. The lowest BCUT2D eigenvalue weighted by Gasteiger charge is -2.04. The first-order valence-corrected chi connectivity index (χ1v) is 5.32. The first-order valence-electron chi connectivity index (χ1n) is 5.32. The van der Waals surface area contributed by atoms with E-state index in [0.717, 1.165) is 24.4 Å². The van der Waals surface area contributed by atoms with Gasteiger partial charge in [0.2, 0.25) is 0 Å². The molecule has 1 aromatic carbocycles. The SMILES string of the molecule is O=C(O)c1cc(C(=O)O)cc(-c2c[nH]c(=O)[nH]c2=O)c1. The molecule has 0 aliphatic rings. The van der Waals surface area contributed by atoms with Crippen LogP contribution in [0.25, 0.3) is 11.1 Å². The molecular formula is C12H8N2O6. The Morgan fingerprint density at radius 2 is 1.50 bits per heavy atom. The van der Waals surface area contributed by atoms with Gasteiger partial charge in [0.1, 0.15) is 0 Å². The van der Waals surface area contributed by atoms with Crippen LogP contribution in [-0.4, -0.2) is 32.1 Å². The first kappa shape index (κ1) is 13.3. The van der Waals surface area contributed by atoms with Crippen LogP contribution in [0, 0.1) is 0 Å². The summed E-state index contributed by atoms with van der Waals surface area (Å²) in [5, 5.41) is 17.9. The number of aromatic amines is 2. The van der Waals surface area contributed by atoms with Crippen molar-refractivity contribution in [1.29, 1.82) is 0 Å². The first-order chi connectivity index (χ1) is 9.38. The van der Waals surface area contributed by atoms with Gasteiger partial charge in [-0.1, -0.05) is 0 Å². The Morgan fingerprint density at radius 3 is 1.95 bits per heavy atom. The smallest absolute Gasteiger partial charge is 0.335 e. The highest BCUT2D eigenvalue weighted by molar-refractivity contribution is 5.96. The molecule has 8 heteroatoms. The monoisotopic (exact) mass is 276 g/mol. The summed E-state index contributed by atoms with van der Waals surface area (Å²) in [7, 11) is 0. The van der Waals surface area contributed by atoms with E-state index >= 15 is 0 Å². The van der Waals surface area contributed by atoms with E-state index in [1.54, 1.807) is 0 Å². The minimum absolute atomic E-state index is 0.0322. The molecule has 0 atom stereocenters. The van der Waals surface area contributed by atoms with Gasteiger partial charge in [-0.3, -0.25) is 9.78 Å². The predicted octanol–water partition coefficient (Wildman–Crippen LogP) is 0.127. The lowest BCUT2D eigenvalue weighted by atomic mass is 10.0. The molecule has 0 unspecified atom stereocenters.